The van der Waals surface area contributed by atoms with E-state index in [-0.39, 0.29) is 36.3 Å². The fourth-order valence-electron chi connectivity index (χ4n) is 5.47. The molecule has 1 aliphatic heterocycles. The number of ether oxygens (including phenoxy) is 2. The van der Waals surface area contributed by atoms with Crippen molar-refractivity contribution in [2.75, 3.05) is 31.6 Å². The molecule has 0 unspecified atom stereocenters. The predicted molar refractivity (Wildman–Crippen MR) is 159 cm³/mol. The number of halogens is 2. The van der Waals surface area contributed by atoms with Crippen molar-refractivity contribution in [2.45, 2.75) is 39.6 Å². The minimum absolute atomic E-state index is 0.0344. The van der Waals surface area contributed by atoms with Crippen LogP contribution in [0.25, 0.3) is 22.0 Å². The van der Waals surface area contributed by atoms with Gasteiger partial charge in [-0.1, -0.05) is 12.1 Å². The summed E-state index contributed by atoms with van der Waals surface area (Å²) in [7, 11) is 2.84. The van der Waals surface area contributed by atoms with Crippen molar-refractivity contribution in [2.24, 2.45) is 7.05 Å². The largest absolute Gasteiger partial charge is 0.453 e. The lowest BCUT2D eigenvalue weighted by Crippen LogP contribution is -2.53. The van der Waals surface area contributed by atoms with E-state index in [1.54, 1.807) is 49.2 Å². The van der Waals surface area contributed by atoms with Crippen molar-refractivity contribution >= 4 is 28.9 Å². The van der Waals surface area contributed by atoms with E-state index in [2.05, 4.69) is 20.0 Å². The van der Waals surface area contributed by atoms with E-state index < -0.39 is 12.7 Å². The van der Waals surface area contributed by atoms with Crippen LogP contribution >= 0.6 is 0 Å². The molecule has 2 amide bonds. The first kappa shape index (κ1) is 30.4. The molecule has 1 fully saturated rings. The van der Waals surface area contributed by atoms with Crippen molar-refractivity contribution in [3.8, 4) is 16.9 Å². The van der Waals surface area contributed by atoms with Crippen LogP contribution in [0.3, 0.4) is 0 Å². The Morgan fingerprint density at radius 2 is 1.84 bits per heavy atom. The van der Waals surface area contributed by atoms with Gasteiger partial charge in [-0.05, 0) is 42.3 Å². The number of nitrogens with one attached hydrogen (secondary N) is 1. The summed E-state index contributed by atoms with van der Waals surface area (Å²) in [5.41, 5.74) is 2.83. The van der Waals surface area contributed by atoms with Gasteiger partial charge in [-0.25, -0.2) is 14.8 Å². The van der Waals surface area contributed by atoms with Gasteiger partial charge in [0.1, 0.15) is 5.75 Å². The van der Waals surface area contributed by atoms with Gasteiger partial charge in [-0.15, -0.1) is 0 Å². The number of carbonyl (C=O) groups excluding carboxylic acids is 2. The van der Waals surface area contributed by atoms with Crippen LogP contribution in [0.1, 0.15) is 25.0 Å². The van der Waals surface area contributed by atoms with E-state index in [0.717, 1.165) is 11.1 Å². The molecule has 44 heavy (non-hydrogen) atoms. The van der Waals surface area contributed by atoms with Crippen LogP contribution in [-0.4, -0.2) is 75.6 Å². The summed E-state index contributed by atoms with van der Waals surface area (Å²) in [5, 5.41) is 3.01. The fraction of sp³-hybridized carbons (Fsp3) is 0.367. The number of alkyl halides is 2. The molecule has 1 atom stereocenters. The third-order valence-electron chi connectivity index (χ3n) is 7.73. The van der Waals surface area contributed by atoms with E-state index >= 15 is 0 Å². The SMILES string of the molecule is COC(=O)NCc1ccc(OC(F)F)c(Cn2c3cc(-c4cnc(N5CCN(C(C)=O)[C@H](C)C5)nc4)ccc3c(=O)n2C)c1. The highest BCUT2D eigenvalue weighted by Gasteiger charge is 2.26. The highest BCUT2D eigenvalue weighted by molar-refractivity contribution is 5.84. The molecule has 2 aromatic heterocycles. The number of aromatic nitrogens is 4. The molecule has 14 heteroatoms. The Kier molecular flexibility index (Phi) is 8.78. The number of rotatable bonds is 8. The lowest BCUT2D eigenvalue weighted by atomic mass is 10.1. The van der Waals surface area contributed by atoms with Crippen molar-refractivity contribution in [1.82, 2.24) is 29.5 Å². The Labute approximate surface area is 251 Å². The van der Waals surface area contributed by atoms with Crippen LogP contribution < -0.4 is 20.5 Å². The Balaban J connectivity index is 1.44. The summed E-state index contributed by atoms with van der Waals surface area (Å²) in [5.74, 6) is 0.564. The molecule has 232 valence electrons. The zero-order valence-electron chi connectivity index (χ0n) is 24.8. The van der Waals surface area contributed by atoms with Gasteiger partial charge in [-0.3, -0.25) is 19.0 Å². The number of anilines is 1. The van der Waals surface area contributed by atoms with Crippen molar-refractivity contribution < 1.29 is 27.8 Å². The molecule has 0 saturated carbocycles. The number of amides is 2. The number of carbonyl (C=O) groups is 2. The minimum atomic E-state index is -3.05. The van der Waals surface area contributed by atoms with Gasteiger partial charge in [-0.2, -0.15) is 8.78 Å². The van der Waals surface area contributed by atoms with E-state index in [1.807, 2.05) is 28.9 Å². The third-order valence-corrected chi connectivity index (χ3v) is 7.73. The number of nitrogens with zero attached hydrogens (tertiary/aromatic N) is 6. The van der Waals surface area contributed by atoms with Crippen LogP contribution in [0.15, 0.2) is 53.6 Å². The molecule has 3 heterocycles. The fourth-order valence-corrected chi connectivity index (χ4v) is 5.47. The third kappa shape index (κ3) is 6.33. The standard InChI is InChI=1S/C30H33F2N7O5/c1-18-16-37(9-10-38(18)19(2)40)29-33-14-23(15-34-29)21-6-7-24-25(12-21)39(36(3)27(24)41)17-22-11-20(13-35-30(42)43-4)5-8-26(22)44-28(31)32/h5-8,11-12,14-15,18,28H,9-10,13,16-17H2,1-4H3,(H,35,42)/t18-/m1/s1. The van der Waals surface area contributed by atoms with Gasteiger partial charge in [0.2, 0.25) is 11.9 Å². The maximum Gasteiger partial charge on any atom is 0.407 e. The molecule has 1 N–H and O–H groups in total. The maximum atomic E-state index is 13.2. The van der Waals surface area contributed by atoms with Crippen LogP contribution in [0.5, 0.6) is 5.75 Å². The minimum Gasteiger partial charge on any atom is -0.453 e. The second-order valence-corrected chi connectivity index (χ2v) is 10.6. The Morgan fingerprint density at radius 3 is 2.50 bits per heavy atom. The topological polar surface area (TPSA) is 124 Å². The summed E-state index contributed by atoms with van der Waals surface area (Å²) in [6.07, 6.45) is 2.79. The Morgan fingerprint density at radius 1 is 1.09 bits per heavy atom. The normalized spacial score (nSPS) is 15.1. The van der Waals surface area contributed by atoms with E-state index in [0.29, 0.717) is 47.6 Å². The van der Waals surface area contributed by atoms with Crippen molar-refractivity contribution in [3.05, 3.63) is 70.3 Å². The molecule has 1 saturated heterocycles. The lowest BCUT2D eigenvalue weighted by molar-refractivity contribution is -0.131. The Hall–Kier alpha value is -5.01. The molecular weight excluding hydrogens is 576 g/mol. The van der Waals surface area contributed by atoms with Crippen LogP contribution in [-0.2, 0) is 29.7 Å². The van der Waals surface area contributed by atoms with E-state index in [1.165, 1.54) is 17.9 Å². The molecule has 1 aliphatic rings. The molecule has 0 bridgehead atoms. The Bertz CT molecular complexity index is 1740. The van der Waals surface area contributed by atoms with Gasteiger partial charge < -0.3 is 24.6 Å². The van der Waals surface area contributed by atoms with Gasteiger partial charge in [0, 0.05) is 69.7 Å². The molecule has 0 radical (unpaired) electrons. The number of hydrogen-bond donors (Lipinski definition) is 1. The molecule has 0 aliphatic carbocycles. The van der Waals surface area contributed by atoms with Gasteiger partial charge in [0.05, 0.1) is 24.6 Å². The van der Waals surface area contributed by atoms with Crippen LogP contribution in [0.2, 0.25) is 0 Å². The number of piperazine rings is 1. The lowest BCUT2D eigenvalue weighted by Gasteiger charge is -2.39. The first-order valence-electron chi connectivity index (χ1n) is 14.0. The van der Waals surface area contributed by atoms with Gasteiger partial charge in [0.15, 0.2) is 0 Å². The highest BCUT2D eigenvalue weighted by atomic mass is 19.3. The summed E-state index contributed by atoms with van der Waals surface area (Å²) < 4.78 is 39.0. The molecule has 2 aromatic carbocycles. The second kappa shape index (κ2) is 12.7. The number of hydrogen-bond acceptors (Lipinski definition) is 8. The summed E-state index contributed by atoms with van der Waals surface area (Å²) in [6.45, 7) is 2.50. The average Bonchev–Trinajstić information content (AvgIpc) is 3.24. The van der Waals surface area contributed by atoms with E-state index in [9.17, 15) is 23.2 Å². The monoisotopic (exact) mass is 609 g/mol. The summed E-state index contributed by atoms with van der Waals surface area (Å²) >= 11 is 0. The number of benzene rings is 2. The molecule has 4 aromatic rings. The van der Waals surface area contributed by atoms with E-state index in [4.69, 9.17) is 4.74 Å². The smallest absolute Gasteiger partial charge is 0.407 e. The maximum absolute atomic E-state index is 13.2. The van der Waals surface area contributed by atoms with Crippen LogP contribution in [0.4, 0.5) is 19.5 Å². The van der Waals surface area contributed by atoms with Gasteiger partial charge in [0.25, 0.3) is 5.56 Å². The average molecular weight is 610 g/mol. The first-order chi connectivity index (χ1) is 21.0. The molecule has 0 spiro atoms. The molecular formula is C30H33F2N7O5. The highest BCUT2D eigenvalue weighted by Crippen LogP contribution is 2.28. The van der Waals surface area contributed by atoms with Crippen LogP contribution in [0, 0.1) is 0 Å². The van der Waals surface area contributed by atoms with Crippen molar-refractivity contribution in [3.63, 3.8) is 0 Å². The predicted octanol–water partition coefficient (Wildman–Crippen LogP) is 3.36. The molecule has 5 rings (SSSR count). The van der Waals surface area contributed by atoms with Crippen molar-refractivity contribution in [1.29, 1.82) is 0 Å². The number of methoxy groups -OCH3 is 1. The zero-order chi connectivity index (χ0) is 31.5. The zero-order valence-corrected chi connectivity index (χ0v) is 24.8. The quantitative estimate of drug-likeness (QED) is 0.323. The molecule has 12 nitrogen and oxygen atoms in total. The first-order valence-corrected chi connectivity index (χ1v) is 14.0. The van der Waals surface area contributed by atoms with Gasteiger partial charge >= 0.3 is 12.7 Å². The summed E-state index contributed by atoms with van der Waals surface area (Å²) in [6, 6.07) is 10.0. The second-order valence-electron chi connectivity index (χ2n) is 10.6. The summed E-state index contributed by atoms with van der Waals surface area (Å²) in [4.78, 5) is 49.5. The number of fused-ring (bicyclic) bond motifs is 1. The number of alkyl carbamates (subject to hydrolysis) is 1.